The number of carbonyl (C=O) groups excluding carboxylic acids is 1. The van der Waals surface area contributed by atoms with Gasteiger partial charge in [0.05, 0.1) is 37.5 Å². The molecular weight excluding hydrogens is 376 g/mol. The van der Waals surface area contributed by atoms with Gasteiger partial charge in [-0.3, -0.25) is 4.79 Å². The van der Waals surface area contributed by atoms with Crippen LogP contribution in [-0.4, -0.2) is 48.4 Å². The first-order valence-corrected chi connectivity index (χ1v) is 8.90. The minimum atomic E-state index is -0.719. The number of nitrogens with zero attached hydrogens (tertiary/aromatic N) is 2. The molecule has 3 rings (SSSR count). The number of benzene rings is 2. The molecule has 4 N–H and O–H groups in total. The van der Waals surface area contributed by atoms with E-state index in [0.29, 0.717) is 40.4 Å². The van der Waals surface area contributed by atoms with Crippen LogP contribution >= 0.6 is 0 Å². The molecule has 0 radical (unpaired) electrons. The molecule has 0 aliphatic rings. The number of hydrogen-bond donors (Lipinski definition) is 3. The fourth-order valence-electron chi connectivity index (χ4n) is 2.71. The highest BCUT2D eigenvalue weighted by Crippen LogP contribution is 2.41. The smallest absolute Gasteiger partial charge is 0.271 e. The van der Waals surface area contributed by atoms with Crippen LogP contribution in [0.5, 0.6) is 17.2 Å². The second-order valence-corrected chi connectivity index (χ2v) is 6.03. The predicted molar refractivity (Wildman–Crippen MR) is 108 cm³/mol. The molecule has 0 saturated heterocycles. The molecule has 1 aromatic heterocycles. The molecular formula is C20H22N4O5. The molecule has 1 amide bonds. The Hall–Kier alpha value is -3.59. The van der Waals surface area contributed by atoms with Crippen LogP contribution < -0.4 is 25.3 Å². The van der Waals surface area contributed by atoms with Gasteiger partial charge >= 0.3 is 0 Å². The first-order chi connectivity index (χ1) is 14.1. The fraction of sp³-hybridized carbons (Fsp3) is 0.250. The Kier molecular flexibility index (Phi) is 6.30. The van der Waals surface area contributed by atoms with Crippen molar-refractivity contribution in [3.63, 3.8) is 0 Å². The highest BCUT2D eigenvalue weighted by molar-refractivity contribution is 5.98. The van der Waals surface area contributed by atoms with Crippen LogP contribution in [0, 0.1) is 0 Å². The number of hydrogen-bond acceptors (Lipinski definition) is 8. The largest absolute Gasteiger partial charge is 0.497 e. The van der Waals surface area contributed by atoms with Gasteiger partial charge in [-0.05, 0) is 12.1 Å². The average molecular weight is 398 g/mol. The number of amides is 1. The number of fused-ring (bicyclic) bond motifs is 1. The van der Waals surface area contributed by atoms with Gasteiger partial charge < -0.3 is 30.4 Å². The van der Waals surface area contributed by atoms with Gasteiger partial charge in [-0.2, -0.15) is 0 Å². The molecule has 0 saturated carbocycles. The number of anilines is 2. The molecule has 3 aromatic rings. The summed E-state index contributed by atoms with van der Waals surface area (Å²) in [6, 6.07) is 10.5. The number of nitrogens with one attached hydrogen (secondary N) is 1. The van der Waals surface area contributed by atoms with E-state index in [1.54, 1.807) is 30.3 Å². The summed E-state index contributed by atoms with van der Waals surface area (Å²) in [5.74, 6) is 0.765. The lowest BCUT2D eigenvalue weighted by Gasteiger charge is -2.18. The normalized spacial score (nSPS) is 10.6. The summed E-state index contributed by atoms with van der Waals surface area (Å²) >= 11 is 0. The lowest BCUT2D eigenvalue weighted by molar-refractivity contribution is 0.0996. The SMILES string of the molecule is COc1cc(Nc2nc3ccccc3nc2C(N)=O)c(OCCCO)c(OC)c1. The van der Waals surface area contributed by atoms with Gasteiger partial charge in [0.15, 0.2) is 23.0 Å². The van der Waals surface area contributed by atoms with Crippen LogP contribution in [0.25, 0.3) is 11.0 Å². The van der Waals surface area contributed by atoms with Crippen molar-refractivity contribution in [1.82, 2.24) is 9.97 Å². The molecule has 9 heteroatoms. The van der Waals surface area contributed by atoms with Gasteiger partial charge in [0.25, 0.3) is 5.91 Å². The first-order valence-electron chi connectivity index (χ1n) is 8.90. The highest BCUT2D eigenvalue weighted by atomic mass is 16.5. The third kappa shape index (κ3) is 4.46. The standard InChI is InChI=1S/C20H22N4O5/c1-27-12-10-15(18(16(11-12)28-2)29-9-5-8-25)24-20-17(19(21)26)22-13-6-3-4-7-14(13)23-20/h3-4,6-7,10-11,25H,5,8-9H2,1-2H3,(H2,21,26)(H,23,24). The van der Waals surface area contributed by atoms with Crippen molar-refractivity contribution in [2.75, 3.05) is 32.8 Å². The molecule has 0 bridgehead atoms. The van der Waals surface area contributed by atoms with Crippen molar-refractivity contribution in [1.29, 1.82) is 0 Å². The third-order valence-electron chi connectivity index (χ3n) is 4.09. The van der Waals surface area contributed by atoms with Crippen molar-refractivity contribution in [3.05, 3.63) is 42.1 Å². The summed E-state index contributed by atoms with van der Waals surface area (Å²) < 4.78 is 16.5. The molecule has 0 unspecified atom stereocenters. The van der Waals surface area contributed by atoms with Gasteiger partial charge in [-0.15, -0.1) is 0 Å². The number of ether oxygens (including phenoxy) is 3. The van der Waals surface area contributed by atoms with Gasteiger partial charge in [0.1, 0.15) is 5.75 Å². The lowest BCUT2D eigenvalue weighted by Crippen LogP contribution is -2.17. The number of aromatic nitrogens is 2. The molecule has 0 spiro atoms. The summed E-state index contributed by atoms with van der Waals surface area (Å²) in [6.45, 7) is 0.253. The quantitative estimate of drug-likeness (QED) is 0.468. The van der Waals surface area contributed by atoms with E-state index in [4.69, 9.17) is 25.1 Å². The fourth-order valence-corrected chi connectivity index (χ4v) is 2.71. The predicted octanol–water partition coefficient (Wildman–Crippen LogP) is 2.25. The maximum atomic E-state index is 12.0. The maximum absolute atomic E-state index is 12.0. The number of primary amides is 1. The average Bonchev–Trinajstić information content (AvgIpc) is 2.73. The number of methoxy groups -OCH3 is 2. The zero-order chi connectivity index (χ0) is 20.8. The molecule has 1 heterocycles. The molecule has 0 fully saturated rings. The molecule has 0 atom stereocenters. The minimum Gasteiger partial charge on any atom is -0.497 e. The van der Waals surface area contributed by atoms with Crippen LogP contribution in [0.2, 0.25) is 0 Å². The van der Waals surface area contributed by atoms with Gasteiger partial charge in [0.2, 0.25) is 0 Å². The third-order valence-corrected chi connectivity index (χ3v) is 4.09. The second kappa shape index (κ2) is 9.07. The van der Waals surface area contributed by atoms with Gasteiger partial charge in [-0.1, -0.05) is 12.1 Å². The Morgan fingerprint density at radius 1 is 1.14 bits per heavy atom. The number of carbonyl (C=O) groups is 1. The van der Waals surface area contributed by atoms with E-state index >= 15 is 0 Å². The number of aliphatic hydroxyl groups excluding tert-OH is 1. The lowest BCUT2D eigenvalue weighted by atomic mass is 10.2. The highest BCUT2D eigenvalue weighted by Gasteiger charge is 2.19. The van der Waals surface area contributed by atoms with Crippen LogP contribution in [0.3, 0.4) is 0 Å². The Labute approximate surface area is 167 Å². The number of para-hydroxylation sites is 2. The minimum absolute atomic E-state index is 0.00760. The molecule has 29 heavy (non-hydrogen) atoms. The van der Waals surface area contributed by atoms with Crippen LogP contribution in [0.4, 0.5) is 11.5 Å². The monoisotopic (exact) mass is 398 g/mol. The van der Waals surface area contributed by atoms with Crippen LogP contribution in [-0.2, 0) is 0 Å². The number of aliphatic hydroxyl groups is 1. The maximum Gasteiger partial charge on any atom is 0.271 e. The van der Waals surface area contributed by atoms with Crippen molar-refractivity contribution in [3.8, 4) is 17.2 Å². The summed E-state index contributed by atoms with van der Waals surface area (Å²) in [4.78, 5) is 20.8. The summed E-state index contributed by atoms with van der Waals surface area (Å²) in [5.41, 5.74) is 7.11. The van der Waals surface area contributed by atoms with Gasteiger partial charge in [0, 0.05) is 25.2 Å². The van der Waals surface area contributed by atoms with E-state index in [2.05, 4.69) is 15.3 Å². The Balaban J connectivity index is 2.10. The molecule has 9 nitrogen and oxygen atoms in total. The zero-order valence-electron chi connectivity index (χ0n) is 16.1. The van der Waals surface area contributed by atoms with E-state index in [-0.39, 0.29) is 24.7 Å². The summed E-state index contributed by atoms with van der Waals surface area (Å²) in [7, 11) is 3.03. The topological polar surface area (TPSA) is 129 Å². The zero-order valence-corrected chi connectivity index (χ0v) is 16.1. The Morgan fingerprint density at radius 2 is 1.86 bits per heavy atom. The van der Waals surface area contributed by atoms with E-state index < -0.39 is 5.91 Å². The molecule has 152 valence electrons. The van der Waals surface area contributed by atoms with Crippen LogP contribution in [0.1, 0.15) is 16.9 Å². The molecule has 0 aliphatic heterocycles. The van der Waals surface area contributed by atoms with E-state index in [9.17, 15) is 4.79 Å². The van der Waals surface area contributed by atoms with Crippen molar-refractivity contribution >= 4 is 28.4 Å². The van der Waals surface area contributed by atoms with Crippen molar-refractivity contribution in [2.24, 2.45) is 5.73 Å². The number of nitrogens with two attached hydrogens (primary N) is 1. The van der Waals surface area contributed by atoms with E-state index in [1.165, 1.54) is 14.2 Å². The van der Waals surface area contributed by atoms with Crippen molar-refractivity contribution in [2.45, 2.75) is 6.42 Å². The van der Waals surface area contributed by atoms with E-state index in [1.807, 2.05) is 6.07 Å². The summed E-state index contributed by atoms with van der Waals surface area (Å²) in [5, 5.41) is 12.1. The van der Waals surface area contributed by atoms with Crippen molar-refractivity contribution < 1.29 is 24.1 Å². The first kappa shape index (κ1) is 20.2. The second-order valence-electron chi connectivity index (χ2n) is 6.03. The molecule has 2 aromatic carbocycles. The van der Waals surface area contributed by atoms with E-state index in [0.717, 1.165) is 0 Å². The summed E-state index contributed by atoms with van der Waals surface area (Å²) in [6.07, 6.45) is 0.441. The van der Waals surface area contributed by atoms with Gasteiger partial charge in [-0.25, -0.2) is 9.97 Å². The number of rotatable bonds is 9. The molecule has 0 aliphatic carbocycles. The Morgan fingerprint density at radius 3 is 2.48 bits per heavy atom. The Bertz CT molecular complexity index is 1030. The van der Waals surface area contributed by atoms with Crippen LogP contribution in [0.15, 0.2) is 36.4 Å².